The van der Waals surface area contributed by atoms with Crippen molar-refractivity contribution in [2.24, 2.45) is 0 Å². The van der Waals surface area contributed by atoms with E-state index in [-0.39, 0.29) is 16.6 Å². The number of methoxy groups -OCH3 is 2. The van der Waals surface area contributed by atoms with E-state index in [1.54, 1.807) is 7.11 Å². The van der Waals surface area contributed by atoms with Gasteiger partial charge in [-0.05, 0) is 12.5 Å². The van der Waals surface area contributed by atoms with Crippen LogP contribution in [-0.4, -0.2) is 36.9 Å². The lowest BCUT2D eigenvalue weighted by molar-refractivity contribution is 0.0696. The summed E-state index contributed by atoms with van der Waals surface area (Å²) in [5.41, 5.74) is 0.0619. The molecule has 1 aromatic rings. The number of unbranched alkanes of at least 4 members (excludes halogenated alkanes) is 1. The molecular weight excluding hydrogens is 258 g/mol. The molecule has 0 aliphatic heterocycles. The van der Waals surface area contributed by atoms with Gasteiger partial charge in [-0.15, -0.1) is 0 Å². The van der Waals surface area contributed by atoms with E-state index in [0.717, 1.165) is 6.61 Å². The molecule has 0 saturated heterocycles. The standard InChI is InChI=1S/C7H6ClNO3.C5H12O/c1-12-6-3-4(7(10)11)2-5(8)9-6;1-3-4-5-6-2/h2-3H,1H3,(H,10,11);3-5H2,1-2H3. The lowest BCUT2D eigenvalue weighted by Crippen LogP contribution is -1.98. The molecule has 0 bridgehead atoms. The summed E-state index contributed by atoms with van der Waals surface area (Å²) in [4.78, 5) is 14.2. The van der Waals surface area contributed by atoms with Crippen LogP contribution in [0, 0.1) is 0 Å². The molecule has 0 radical (unpaired) electrons. The first-order valence-electron chi connectivity index (χ1n) is 5.49. The van der Waals surface area contributed by atoms with Crippen molar-refractivity contribution in [1.29, 1.82) is 0 Å². The Kier molecular flexibility index (Phi) is 8.96. The highest BCUT2D eigenvalue weighted by Crippen LogP contribution is 2.15. The molecule has 102 valence electrons. The van der Waals surface area contributed by atoms with Crippen molar-refractivity contribution in [1.82, 2.24) is 4.98 Å². The summed E-state index contributed by atoms with van der Waals surface area (Å²) >= 11 is 5.52. The largest absolute Gasteiger partial charge is 0.481 e. The fourth-order valence-corrected chi connectivity index (χ4v) is 1.19. The third kappa shape index (κ3) is 7.09. The maximum atomic E-state index is 10.5. The highest BCUT2D eigenvalue weighted by Gasteiger charge is 2.06. The minimum Gasteiger partial charge on any atom is -0.481 e. The molecule has 1 N–H and O–H groups in total. The van der Waals surface area contributed by atoms with Gasteiger partial charge in [0.25, 0.3) is 0 Å². The Labute approximate surface area is 112 Å². The van der Waals surface area contributed by atoms with E-state index >= 15 is 0 Å². The summed E-state index contributed by atoms with van der Waals surface area (Å²) < 4.78 is 9.51. The van der Waals surface area contributed by atoms with Crippen LogP contribution in [0.4, 0.5) is 0 Å². The fourth-order valence-electron chi connectivity index (χ4n) is 0.990. The Bertz CT molecular complexity index is 367. The Morgan fingerprint density at radius 2 is 2.11 bits per heavy atom. The monoisotopic (exact) mass is 275 g/mol. The number of nitrogens with zero attached hydrogens (tertiary/aromatic N) is 1. The predicted molar refractivity (Wildman–Crippen MR) is 69.5 cm³/mol. The van der Waals surface area contributed by atoms with Crippen LogP contribution in [0.1, 0.15) is 30.1 Å². The van der Waals surface area contributed by atoms with E-state index in [0.29, 0.717) is 0 Å². The summed E-state index contributed by atoms with van der Waals surface area (Å²) in [6, 6.07) is 2.56. The second kappa shape index (κ2) is 9.67. The van der Waals surface area contributed by atoms with Crippen LogP contribution >= 0.6 is 11.6 Å². The average molecular weight is 276 g/mol. The third-order valence-electron chi connectivity index (χ3n) is 1.93. The number of ether oxygens (including phenoxy) is 2. The van der Waals surface area contributed by atoms with Gasteiger partial charge in [-0.3, -0.25) is 0 Å². The lowest BCUT2D eigenvalue weighted by Gasteiger charge is -2.00. The molecular formula is C12H18ClNO4. The first-order chi connectivity index (χ1) is 8.54. The van der Waals surface area contributed by atoms with Gasteiger partial charge >= 0.3 is 5.97 Å². The fraction of sp³-hybridized carbons (Fsp3) is 0.500. The summed E-state index contributed by atoms with van der Waals surface area (Å²) in [5.74, 6) is -0.863. The van der Waals surface area contributed by atoms with Crippen LogP contribution in [0.2, 0.25) is 5.15 Å². The van der Waals surface area contributed by atoms with Crippen LogP contribution in [-0.2, 0) is 4.74 Å². The van der Waals surface area contributed by atoms with E-state index in [9.17, 15) is 4.79 Å². The van der Waals surface area contributed by atoms with Crippen molar-refractivity contribution >= 4 is 17.6 Å². The number of hydrogen-bond donors (Lipinski definition) is 1. The van der Waals surface area contributed by atoms with Crippen molar-refractivity contribution in [2.75, 3.05) is 20.8 Å². The Morgan fingerprint density at radius 1 is 1.44 bits per heavy atom. The lowest BCUT2D eigenvalue weighted by atomic mass is 10.3. The number of rotatable bonds is 5. The molecule has 0 atom stereocenters. The van der Waals surface area contributed by atoms with Gasteiger partial charge < -0.3 is 14.6 Å². The van der Waals surface area contributed by atoms with Crippen molar-refractivity contribution in [3.63, 3.8) is 0 Å². The van der Waals surface area contributed by atoms with Crippen LogP contribution in [0.3, 0.4) is 0 Å². The van der Waals surface area contributed by atoms with Crippen LogP contribution in [0.25, 0.3) is 0 Å². The van der Waals surface area contributed by atoms with Gasteiger partial charge in [0.15, 0.2) is 0 Å². The molecule has 0 aliphatic carbocycles. The van der Waals surface area contributed by atoms with Gasteiger partial charge in [0.05, 0.1) is 12.7 Å². The van der Waals surface area contributed by atoms with Crippen molar-refractivity contribution in [3.05, 3.63) is 22.8 Å². The van der Waals surface area contributed by atoms with Crippen molar-refractivity contribution < 1.29 is 19.4 Å². The molecule has 0 fully saturated rings. The molecule has 1 aromatic heterocycles. The summed E-state index contributed by atoms with van der Waals surface area (Å²) in [6.45, 7) is 3.07. The molecule has 0 aliphatic rings. The SMILES string of the molecule is CCCCOC.COc1cc(C(=O)O)cc(Cl)n1. The molecule has 1 heterocycles. The molecule has 0 saturated carbocycles. The van der Waals surface area contributed by atoms with Gasteiger partial charge in [-0.1, -0.05) is 24.9 Å². The number of carboxylic acids is 1. The van der Waals surface area contributed by atoms with Gasteiger partial charge in [-0.25, -0.2) is 9.78 Å². The average Bonchev–Trinajstić information content (AvgIpc) is 2.36. The van der Waals surface area contributed by atoms with Crippen LogP contribution in [0.5, 0.6) is 5.88 Å². The van der Waals surface area contributed by atoms with E-state index in [4.69, 9.17) is 26.2 Å². The number of pyridine rings is 1. The maximum absolute atomic E-state index is 10.5. The number of hydrogen-bond acceptors (Lipinski definition) is 4. The Morgan fingerprint density at radius 3 is 2.50 bits per heavy atom. The number of aromatic nitrogens is 1. The molecule has 5 nitrogen and oxygen atoms in total. The summed E-state index contributed by atoms with van der Waals surface area (Å²) in [7, 11) is 3.12. The topological polar surface area (TPSA) is 68.7 Å². The minimum absolute atomic E-state index is 0.0619. The summed E-state index contributed by atoms with van der Waals surface area (Å²) in [5, 5.41) is 8.69. The number of halogens is 1. The van der Waals surface area contributed by atoms with Crippen molar-refractivity contribution in [2.45, 2.75) is 19.8 Å². The minimum atomic E-state index is -1.06. The van der Waals surface area contributed by atoms with Gasteiger partial charge in [-0.2, -0.15) is 0 Å². The second-order valence-corrected chi connectivity index (χ2v) is 3.76. The Balaban J connectivity index is 0.000000411. The smallest absolute Gasteiger partial charge is 0.335 e. The molecule has 6 heteroatoms. The van der Waals surface area contributed by atoms with E-state index in [1.165, 1.54) is 32.1 Å². The molecule has 0 aromatic carbocycles. The van der Waals surface area contributed by atoms with E-state index < -0.39 is 5.97 Å². The van der Waals surface area contributed by atoms with E-state index in [2.05, 4.69) is 11.9 Å². The van der Waals surface area contributed by atoms with E-state index in [1.807, 2.05) is 0 Å². The maximum Gasteiger partial charge on any atom is 0.335 e. The zero-order chi connectivity index (χ0) is 14.0. The highest BCUT2D eigenvalue weighted by atomic mass is 35.5. The zero-order valence-electron chi connectivity index (χ0n) is 10.8. The number of carboxylic acid groups (broad SMARTS) is 1. The van der Waals surface area contributed by atoms with Gasteiger partial charge in [0, 0.05) is 19.8 Å². The molecule has 0 amide bonds. The number of aromatic carboxylic acids is 1. The first kappa shape index (κ1) is 16.7. The number of carbonyl (C=O) groups is 1. The molecule has 1 rings (SSSR count). The third-order valence-corrected chi connectivity index (χ3v) is 2.12. The van der Waals surface area contributed by atoms with Crippen molar-refractivity contribution in [3.8, 4) is 5.88 Å². The summed E-state index contributed by atoms with van der Waals surface area (Å²) in [6.07, 6.45) is 2.42. The van der Waals surface area contributed by atoms with Gasteiger partial charge in [0.1, 0.15) is 5.15 Å². The molecule has 0 unspecified atom stereocenters. The van der Waals surface area contributed by atoms with Gasteiger partial charge in [0.2, 0.25) is 5.88 Å². The molecule has 0 spiro atoms. The zero-order valence-corrected chi connectivity index (χ0v) is 11.5. The highest BCUT2D eigenvalue weighted by molar-refractivity contribution is 6.29. The van der Waals surface area contributed by atoms with Crippen LogP contribution in [0.15, 0.2) is 12.1 Å². The second-order valence-electron chi connectivity index (χ2n) is 3.37. The quantitative estimate of drug-likeness (QED) is 0.661. The normalized spacial score (nSPS) is 9.33. The predicted octanol–water partition coefficient (Wildman–Crippen LogP) is 2.87. The molecule has 18 heavy (non-hydrogen) atoms. The Hall–Kier alpha value is -1.33. The first-order valence-corrected chi connectivity index (χ1v) is 5.86. The van der Waals surface area contributed by atoms with Crippen LogP contribution < -0.4 is 4.74 Å².